The van der Waals surface area contributed by atoms with E-state index in [-0.39, 0.29) is 6.61 Å². The maximum atomic E-state index is 8.95. The molecule has 0 fully saturated rings. The lowest BCUT2D eigenvalue weighted by atomic mass is 10.2. The van der Waals surface area contributed by atoms with Gasteiger partial charge in [-0.3, -0.25) is 0 Å². The SMILES string of the molecule is COc1cccc(-c2ncc(CCO)n2C)c1. The van der Waals surface area contributed by atoms with Crippen molar-refractivity contribution in [2.75, 3.05) is 13.7 Å². The summed E-state index contributed by atoms with van der Waals surface area (Å²) in [5.74, 6) is 1.70. The number of methoxy groups -OCH3 is 1. The molecule has 2 rings (SSSR count). The molecule has 17 heavy (non-hydrogen) atoms. The lowest BCUT2D eigenvalue weighted by Gasteiger charge is -2.06. The zero-order valence-electron chi connectivity index (χ0n) is 10.1. The summed E-state index contributed by atoms with van der Waals surface area (Å²) in [6, 6.07) is 7.79. The molecule has 1 heterocycles. The Morgan fingerprint density at radius 3 is 2.94 bits per heavy atom. The van der Waals surface area contributed by atoms with Crippen molar-refractivity contribution in [1.82, 2.24) is 9.55 Å². The van der Waals surface area contributed by atoms with E-state index in [0.29, 0.717) is 6.42 Å². The summed E-state index contributed by atoms with van der Waals surface area (Å²) < 4.78 is 7.18. The first-order valence-electron chi connectivity index (χ1n) is 5.52. The maximum absolute atomic E-state index is 8.95. The average molecular weight is 232 g/mol. The Balaban J connectivity index is 2.38. The van der Waals surface area contributed by atoms with Gasteiger partial charge in [0.05, 0.1) is 7.11 Å². The van der Waals surface area contributed by atoms with Crippen LogP contribution in [0, 0.1) is 0 Å². The number of hydrogen-bond donors (Lipinski definition) is 1. The van der Waals surface area contributed by atoms with Crippen molar-refractivity contribution in [2.45, 2.75) is 6.42 Å². The zero-order valence-corrected chi connectivity index (χ0v) is 10.1. The molecule has 0 aliphatic rings. The van der Waals surface area contributed by atoms with Crippen LogP contribution in [0.4, 0.5) is 0 Å². The minimum atomic E-state index is 0.136. The van der Waals surface area contributed by atoms with Gasteiger partial charge in [0.15, 0.2) is 0 Å². The number of hydrogen-bond acceptors (Lipinski definition) is 3. The molecule has 0 unspecified atom stereocenters. The highest BCUT2D eigenvalue weighted by Gasteiger charge is 2.08. The van der Waals surface area contributed by atoms with Crippen LogP contribution < -0.4 is 4.74 Å². The van der Waals surface area contributed by atoms with E-state index in [1.54, 1.807) is 13.3 Å². The van der Waals surface area contributed by atoms with Gasteiger partial charge in [-0.05, 0) is 12.1 Å². The van der Waals surface area contributed by atoms with Crippen LogP contribution in [0.1, 0.15) is 5.69 Å². The van der Waals surface area contributed by atoms with Gasteiger partial charge in [0.1, 0.15) is 11.6 Å². The Bertz CT molecular complexity index is 506. The summed E-state index contributed by atoms with van der Waals surface area (Å²) in [6.07, 6.45) is 2.42. The zero-order chi connectivity index (χ0) is 12.3. The van der Waals surface area contributed by atoms with Crippen LogP contribution in [-0.2, 0) is 13.5 Å². The minimum Gasteiger partial charge on any atom is -0.497 e. The molecule has 1 aromatic carbocycles. The van der Waals surface area contributed by atoms with Gasteiger partial charge in [0.25, 0.3) is 0 Å². The fraction of sp³-hybridized carbons (Fsp3) is 0.308. The predicted molar refractivity (Wildman–Crippen MR) is 66.0 cm³/mol. The highest BCUT2D eigenvalue weighted by atomic mass is 16.5. The van der Waals surface area contributed by atoms with Crippen molar-refractivity contribution in [3.05, 3.63) is 36.2 Å². The quantitative estimate of drug-likeness (QED) is 0.871. The minimum absolute atomic E-state index is 0.136. The van der Waals surface area contributed by atoms with E-state index in [1.165, 1.54) is 0 Å². The van der Waals surface area contributed by atoms with E-state index < -0.39 is 0 Å². The monoisotopic (exact) mass is 232 g/mol. The van der Waals surface area contributed by atoms with Gasteiger partial charge in [0, 0.05) is 37.5 Å². The van der Waals surface area contributed by atoms with Gasteiger partial charge in [-0.1, -0.05) is 12.1 Å². The van der Waals surface area contributed by atoms with Crippen LogP contribution in [0.5, 0.6) is 5.75 Å². The largest absolute Gasteiger partial charge is 0.497 e. The molecule has 0 radical (unpaired) electrons. The molecule has 1 aromatic heterocycles. The standard InChI is InChI=1S/C13H16N2O2/c1-15-11(6-7-16)9-14-13(15)10-4-3-5-12(8-10)17-2/h3-5,8-9,16H,6-7H2,1-2H3. The lowest BCUT2D eigenvalue weighted by Crippen LogP contribution is -2.01. The van der Waals surface area contributed by atoms with Crippen molar-refractivity contribution >= 4 is 0 Å². The number of imidazole rings is 1. The van der Waals surface area contributed by atoms with Crippen molar-refractivity contribution in [3.63, 3.8) is 0 Å². The molecular weight excluding hydrogens is 216 g/mol. The maximum Gasteiger partial charge on any atom is 0.139 e. The summed E-state index contributed by atoms with van der Waals surface area (Å²) in [6.45, 7) is 0.136. The molecule has 0 saturated heterocycles. The Kier molecular flexibility index (Phi) is 3.44. The first-order valence-corrected chi connectivity index (χ1v) is 5.52. The van der Waals surface area contributed by atoms with Gasteiger partial charge < -0.3 is 14.4 Å². The number of aliphatic hydroxyl groups is 1. The van der Waals surface area contributed by atoms with Gasteiger partial charge in [-0.25, -0.2) is 4.98 Å². The lowest BCUT2D eigenvalue weighted by molar-refractivity contribution is 0.297. The molecule has 90 valence electrons. The molecule has 4 heteroatoms. The molecule has 0 saturated carbocycles. The summed E-state index contributed by atoms with van der Waals surface area (Å²) in [5, 5.41) is 8.95. The van der Waals surface area contributed by atoms with E-state index in [0.717, 1.165) is 22.8 Å². The van der Waals surface area contributed by atoms with E-state index in [1.807, 2.05) is 35.9 Å². The van der Waals surface area contributed by atoms with Gasteiger partial charge in [0.2, 0.25) is 0 Å². The molecular formula is C13H16N2O2. The van der Waals surface area contributed by atoms with Crippen LogP contribution in [0.15, 0.2) is 30.5 Å². The number of benzene rings is 1. The summed E-state index contributed by atoms with van der Waals surface area (Å²) in [5.41, 5.74) is 2.03. The number of rotatable bonds is 4. The fourth-order valence-corrected chi connectivity index (χ4v) is 1.82. The van der Waals surface area contributed by atoms with Crippen molar-refractivity contribution < 1.29 is 9.84 Å². The molecule has 0 amide bonds. The molecule has 1 N–H and O–H groups in total. The topological polar surface area (TPSA) is 47.3 Å². The molecule has 4 nitrogen and oxygen atoms in total. The smallest absolute Gasteiger partial charge is 0.139 e. The van der Waals surface area contributed by atoms with Crippen LogP contribution >= 0.6 is 0 Å². The van der Waals surface area contributed by atoms with E-state index in [2.05, 4.69) is 4.98 Å². The van der Waals surface area contributed by atoms with Crippen molar-refractivity contribution in [2.24, 2.45) is 7.05 Å². The Labute approximate surface area is 100 Å². The van der Waals surface area contributed by atoms with Crippen LogP contribution in [0.3, 0.4) is 0 Å². The molecule has 2 aromatic rings. The second kappa shape index (κ2) is 5.01. The third-order valence-electron chi connectivity index (χ3n) is 2.78. The van der Waals surface area contributed by atoms with E-state index in [4.69, 9.17) is 9.84 Å². The van der Waals surface area contributed by atoms with Gasteiger partial charge in [-0.15, -0.1) is 0 Å². The number of aromatic nitrogens is 2. The molecule has 0 aliphatic heterocycles. The highest BCUT2D eigenvalue weighted by molar-refractivity contribution is 5.58. The Morgan fingerprint density at radius 1 is 1.41 bits per heavy atom. The summed E-state index contributed by atoms with van der Waals surface area (Å²) in [4.78, 5) is 4.38. The van der Waals surface area contributed by atoms with Crippen LogP contribution in [-0.4, -0.2) is 28.4 Å². The van der Waals surface area contributed by atoms with E-state index in [9.17, 15) is 0 Å². The second-order valence-electron chi connectivity index (χ2n) is 3.84. The predicted octanol–water partition coefficient (Wildman–Crippen LogP) is 1.63. The highest BCUT2D eigenvalue weighted by Crippen LogP contribution is 2.23. The Morgan fingerprint density at radius 2 is 2.24 bits per heavy atom. The normalized spacial score (nSPS) is 10.5. The molecule has 0 atom stereocenters. The van der Waals surface area contributed by atoms with E-state index >= 15 is 0 Å². The molecule has 0 aliphatic carbocycles. The Hall–Kier alpha value is -1.81. The summed E-state index contributed by atoms with van der Waals surface area (Å²) >= 11 is 0. The number of nitrogens with zero attached hydrogens (tertiary/aromatic N) is 2. The first-order chi connectivity index (χ1) is 8.26. The number of ether oxygens (including phenoxy) is 1. The molecule has 0 bridgehead atoms. The van der Waals surface area contributed by atoms with Crippen molar-refractivity contribution in [1.29, 1.82) is 0 Å². The number of aliphatic hydroxyl groups excluding tert-OH is 1. The van der Waals surface area contributed by atoms with Crippen LogP contribution in [0.25, 0.3) is 11.4 Å². The first kappa shape index (κ1) is 11.7. The third kappa shape index (κ3) is 2.31. The van der Waals surface area contributed by atoms with Crippen LogP contribution in [0.2, 0.25) is 0 Å². The summed E-state index contributed by atoms with van der Waals surface area (Å²) in [7, 11) is 3.60. The van der Waals surface area contributed by atoms with Gasteiger partial charge >= 0.3 is 0 Å². The average Bonchev–Trinajstić information content (AvgIpc) is 2.72. The third-order valence-corrected chi connectivity index (χ3v) is 2.78. The fourth-order valence-electron chi connectivity index (χ4n) is 1.82. The van der Waals surface area contributed by atoms with Crippen molar-refractivity contribution in [3.8, 4) is 17.1 Å². The van der Waals surface area contributed by atoms with Gasteiger partial charge in [-0.2, -0.15) is 0 Å². The molecule has 0 spiro atoms. The second-order valence-corrected chi connectivity index (χ2v) is 3.84.